The first-order chi connectivity index (χ1) is 27.0. The molecule has 3 aromatic heterocycles. The quantitative estimate of drug-likeness (QED) is 0.162. The van der Waals surface area contributed by atoms with Crippen molar-refractivity contribution in [3.63, 3.8) is 0 Å². The lowest BCUT2D eigenvalue weighted by atomic mass is 9.70. The fraction of sp³-hybridized carbons (Fsp3) is 0.283. The minimum atomic E-state index is 0.244. The molecule has 3 heterocycles. The molecule has 0 spiro atoms. The summed E-state index contributed by atoms with van der Waals surface area (Å²) in [6.07, 6.45) is 16.0. The van der Waals surface area contributed by atoms with Gasteiger partial charge in [0, 0.05) is 50.0 Å². The molecule has 5 aromatic carbocycles. The van der Waals surface area contributed by atoms with Crippen LogP contribution in [0.2, 0.25) is 0 Å². The number of para-hydroxylation sites is 2. The minimum absolute atomic E-state index is 0.244. The normalized spacial score (nSPS) is 15.0. The van der Waals surface area contributed by atoms with Crippen LogP contribution in [0.3, 0.4) is 0 Å². The minimum Gasteiger partial charge on any atom is -0.310 e. The molecule has 0 N–H and O–H groups in total. The van der Waals surface area contributed by atoms with E-state index in [0.29, 0.717) is 11.3 Å². The van der Waals surface area contributed by atoms with Gasteiger partial charge in [-0.1, -0.05) is 102 Å². The van der Waals surface area contributed by atoms with Crippen LogP contribution in [0.1, 0.15) is 88.9 Å². The van der Waals surface area contributed by atoms with Gasteiger partial charge >= 0.3 is 0 Å². The maximum atomic E-state index is 2.49. The largest absolute Gasteiger partial charge is 0.310 e. The van der Waals surface area contributed by atoms with Gasteiger partial charge in [0.05, 0.1) is 22.1 Å². The Morgan fingerprint density at radius 2 is 0.964 bits per heavy atom. The zero-order chi connectivity index (χ0) is 38.3. The van der Waals surface area contributed by atoms with Gasteiger partial charge in [-0.3, -0.25) is 0 Å². The predicted octanol–water partition coefficient (Wildman–Crippen LogP) is 14.2. The molecular weight excluding hydrogens is 679 g/mol. The number of allylic oxidation sites excluding steroid dienone is 2. The molecule has 0 aliphatic heterocycles. The Morgan fingerprint density at radius 1 is 0.500 bits per heavy atom. The van der Waals surface area contributed by atoms with E-state index in [1.54, 1.807) is 0 Å². The first kappa shape index (κ1) is 34.9. The lowest BCUT2D eigenvalue weighted by molar-refractivity contribution is 0.164. The molecule has 0 saturated carbocycles. The molecule has 0 amide bonds. The Balaban J connectivity index is 1.17. The van der Waals surface area contributed by atoms with E-state index in [-0.39, 0.29) is 5.41 Å². The van der Waals surface area contributed by atoms with Crippen molar-refractivity contribution in [1.29, 1.82) is 0 Å². The maximum absolute atomic E-state index is 2.49. The number of fused-ring (bicyclic) bond motifs is 9. The van der Waals surface area contributed by atoms with Crippen LogP contribution in [0, 0.1) is 16.7 Å². The van der Waals surface area contributed by atoms with E-state index in [2.05, 4.69) is 189 Å². The number of hydrogen-bond donors (Lipinski definition) is 0. The van der Waals surface area contributed by atoms with Gasteiger partial charge in [-0.15, -0.1) is 0 Å². The number of rotatable bonds is 6. The van der Waals surface area contributed by atoms with Crippen molar-refractivity contribution in [2.24, 2.45) is 16.7 Å². The van der Waals surface area contributed by atoms with E-state index in [9.17, 15) is 0 Å². The summed E-state index contributed by atoms with van der Waals surface area (Å²) >= 11 is 0. The van der Waals surface area contributed by atoms with Crippen LogP contribution in [0.5, 0.6) is 0 Å². The highest BCUT2D eigenvalue weighted by Gasteiger charge is 2.29. The monoisotopic (exact) mass is 731 g/mol. The summed E-state index contributed by atoms with van der Waals surface area (Å²) in [4.78, 5) is 0. The van der Waals surface area contributed by atoms with Gasteiger partial charge in [-0.25, -0.2) is 0 Å². The number of hydrogen-bond acceptors (Lipinski definition) is 0. The number of aryl methyl sites for hydroxylation is 2. The Morgan fingerprint density at radius 3 is 1.45 bits per heavy atom. The summed E-state index contributed by atoms with van der Waals surface area (Å²) in [6.45, 7) is 14.4. The second kappa shape index (κ2) is 13.0. The molecule has 56 heavy (non-hydrogen) atoms. The standard InChI is InChI=1S/C53H53N3/c1-52(2,3)34-36(53(4,5)6)31-35-23-25-37(26-24-35)54-50-29-27-38(55-46-19-11-7-15-40(46)41-16-8-12-20-47(41)55)32-44(50)45-33-39(28-30-51(45)54)56-48-21-13-9-17-42(48)43-18-10-14-22-49(43)56/h7,9,11-15,17,19-30,32-33,36H,8,10,16,18,31,34H2,1-6H3. The van der Waals surface area contributed by atoms with Crippen LogP contribution in [-0.2, 0) is 19.3 Å². The smallest absolute Gasteiger partial charge is 0.0542 e. The Bertz CT molecular complexity index is 2710. The SMILES string of the molecule is CC(C)(C)CC(Cc1ccc(-n2c3ccc(-n4c5c(c6ccccc64)CCC=C5)cc3c3cc(-n4c5c(c6ccccc64)CCC=C5)ccc32)cc1)C(C)(C)C. The van der Waals surface area contributed by atoms with Crippen molar-refractivity contribution in [2.75, 3.05) is 0 Å². The van der Waals surface area contributed by atoms with Gasteiger partial charge in [0.2, 0.25) is 0 Å². The highest BCUT2D eigenvalue weighted by atomic mass is 15.0. The molecule has 0 bridgehead atoms. The van der Waals surface area contributed by atoms with Crippen molar-refractivity contribution >= 4 is 55.8 Å². The van der Waals surface area contributed by atoms with Crippen LogP contribution in [0.25, 0.3) is 72.8 Å². The summed E-state index contributed by atoms with van der Waals surface area (Å²) < 4.78 is 7.47. The van der Waals surface area contributed by atoms with Crippen LogP contribution in [-0.4, -0.2) is 13.7 Å². The predicted molar refractivity (Wildman–Crippen MR) is 240 cm³/mol. The van der Waals surface area contributed by atoms with Crippen LogP contribution in [0.4, 0.5) is 0 Å². The van der Waals surface area contributed by atoms with E-state index in [1.807, 2.05) is 0 Å². The van der Waals surface area contributed by atoms with Gasteiger partial charge in [0.15, 0.2) is 0 Å². The molecule has 280 valence electrons. The summed E-state index contributed by atoms with van der Waals surface area (Å²) in [7, 11) is 0. The highest BCUT2D eigenvalue weighted by molar-refractivity contribution is 6.11. The van der Waals surface area contributed by atoms with E-state index in [1.165, 1.54) is 95.2 Å². The Hall–Kier alpha value is -5.54. The third-order valence-electron chi connectivity index (χ3n) is 12.7. The van der Waals surface area contributed by atoms with Gasteiger partial charge in [0.25, 0.3) is 0 Å². The van der Waals surface area contributed by atoms with Crippen molar-refractivity contribution in [3.8, 4) is 17.1 Å². The molecule has 1 unspecified atom stereocenters. The summed E-state index contributed by atoms with van der Waals surface area (Å²) in [5, 5.41) is 5.28. The molecule has 2 aliphatic rings. The molecule has 1 atom stereocenters. The fourth-order valence-electron chi connectivity index (χ4n) is 9.98. The summed E-state index contributed by atoms with van der Waals surface area (Å²) in [6, 6.07) is 41.7. The fourth-order valence-corrected chi connectivity index (χ4v) is 9.98. The third kappa shape index (κ3) is 5.78. The first-order valence-corrected chi connectivity index (χ1v) is 20.8. The lowest BCUT2D eigenvalue weighted by Gasteiger charge is -2.36. The zero-order valence-corrected chi connectivity index (χ0v) is 33.9. The van der Waals surface area contributed by atoms with E-state index in [4.69, 9.17) is 0 Å². The van der Waals surface area contributed by atoms with Crippen molar-refractivity contribution < 1.29 is 0 Å². The molecule has 0 fully saturated rings. The molecule has 3 heteroatoms. The maximum Gasteiger partial charge on any atom is 0.0542 e. The number of aromatic nitrogens is 3. The van der Waals surface area contributed by atoms with Gasteiger partial charge in [-0.2, -0.15) is 0 Å². The summed E-state index contributed by atoms with van der Waals surface area (Å²) in [5.41, 5.74) is 16.1. The second-order valence-electron chi connectivity index (χ2n) is 18.8. The van der Waals surface area contributed by atoms with Crippen LogP contribution >= 0.6 is 0 Å². The lowest BCUT2D eigenvalue weighted by Crippen LogP contribution is -2.27. The van der Waals surface area contributed by atoms with Crippen molar-refractivity contribution in [1.82, 2.24) is 13.7 Å². The van der Waals surface area contributed by atoms with E-state index >= 15 is 0 Å². The molecule has 0 radical (unpaired) electrons. The summed E-state index contributed by atoms with van der Waals surface area (Å²) in [5.74, 6) is 0.606. The third-order valence-corrected chi connectivity index (χ3v) is 12.7. The van der Waals surface area contributed by atoms with Crippen LogP contribution in [0.15, 0.2) is 121 Å². The van der Waals surface area contributed by atoms with Crippen molar-refractivity contribution in [2.45, 2.75) is 80.1 Å². The molecule has 8 aromatic rings. The molecule has 3 nitrogen and oxygen atoms in total. The second-order valence-corrected chi connectivity index (χ2v) is 18.8. The molecular formula is C53H53N3. The first-order valence-electron chi connectivity index (χ1n) is 20.8. The Labute approximate surface area is 331 Å². The van der Waals surface area contributed by atoms with Crippen molar-refractivity contribution in [3.05, 3.63) is 149 Å². The number of nitrogens with zero attached hydrogens (tertiary/aromatic N) is 3. The molecule has 2 aliphatic carbocycles. The Kier molecular flexibility index (Phi) is 8.12. The van der Waals surface area contributed by atoms with Gasteiger partial charge < -0.3 is 13.7 Å². The number of benzene rings is 5. The van der Waals surface area contributed by atoms with E-state index in [0.717, 1.165) is 32.1 Å². The molecule has 10 rings (SSSR count). The van der Waals surface area contributed by atoms with Crippen LogP contribution < -0.4 is 0 Å². The van der Waals surface area contributed by atoms with Gasteiger partial charge in [-0.05, 0) is 145 Å². The topological polar surface area (TPSA) is 14.8 Å². The average Bonchev–Trinajstić information content (AvgIpc) is 3.82. The highest BCUT2D eigenvalue weighted by Crippen LogP contribution is 2.42. The van der Waals surface area contributed by atoms with Gasteiger partial charge in [0.1, 0.15) is 0 Å². The van der Waals surface area contributed by atoms with E-state index < -0.39 is 0 Å². The average molecular weight is 732 g/mol. The molecule has 0 saturated heterocycles. The zero-order valence-electron chi connectivity index (χ0n) is 33.9.